The summed E-state index contributed by atoms with van der Waals surface area (Å²) in [5.41, 5.74) is 5.56. The normalized spacial score (nSPS) is 24.1. The van der Waals surface area contributed by atoms with Gasteiger partial charge in [0.15, 0.2) is 0 Å². The van der Waals surface area contributed by atoms with Gasteiger partial charge in [0.2, 0.25) is 5.91 Å². The second-order valence-electron chi connectivity index (χ2n) is 5.75. The van der Waals surface area contributed by atoms with Crippen LogP contribution in [-0.4, -0.2) is 43.0 Å². The summed E-state index contributed by atoms with van der Waals surface area (Å²) in [5.74, 6) is 0.537. The van der Waals surface area contributed by atoms with Crippen molar-refractivity contribution in [2.75, 3.05) is 26.2 Å². The minimum Gasteiger partial charge on any atom is -0.353 e. The van der Waals surface area contributed by atoms with Crippen LogP contribution in [0.4, 0.5) is 0 Å². The predicted octanol–water partition coefficient (Wildman–Crippen LogP) is 1.11. The van der Waals surface area contributed by atoms with Crippen LogP contribution >= 0.6 is 0 Å². The van der Waals surface area contributed by atoms with Gasteiger partial charge < -0.3 is 16.0 Å². The van der Waals surface area contributed by atoms with Gasteiger partial charge in [0.1, 0.15) is 0 Å². The minimum atomic E-state index is 0.237. The van der Waals surface area contributed by atoms with Gasteiger partial charge in [-0.15, -0.1) is 0 Å². The molecule has 1 aliphatic heterocycles. The molecular weight excluding hydrogens is 226 g/mol. The average Bonchev–Trinajstić information content (AvgIpc) is 2.41. The Morgan fingerprint density at radius 2 is 1.78 bits per heavy atom. The molecule has 2 aliphatic rings. The molecule has 1 amide bonds. The maximum absolute atomic E-state index is 12.2. The van der Waals surface area contributed by atoms with Crippen molar-refractivity contribution in [1.29, 1.82) is 0 Å². The molecule has 2 fully saturated rings. The molecule has 1 heterocycles. The third-order valence-electron chi connectivity index (χ3n) is 4.36. The van der Waals surface area contributed by atoms with Crippen LogP contribution in [0.3, 0.4) is 0 Å². The highest BCUT2D eigenvalue weighted by Crippen LogP contribution is 2.20. The number of rotatable bonds is 4. The van der Waals surface area contributed by atoms with Crippen LogP contribution < -0.4 is 11.1 Å². The van der Waals surface area contributed by atoms with Gasteiger partial charge in [0.05, 0.1) is 0 Å². The zero-order valence-corrected chi connectivity index (χ0v) is 11.4. The Kier molecular flexibility index (Phi) is 5.45. The molecule has 1 saturated heterocycles. The van der Waals surface area contributed by atoms with Crippen LogP contribution in [0.1, 0.15) is 44.9 Å². The number of likely N-dealkylation sites (tertiary alicyclic amines) is 1. The van der Waals surface area contributed by atoms with Gasteiger partial charge in [-0.2, -0.15) is 0 Å². The molecule has 4 heteroatoms. The molecule has 2 rings (SSSR count). The van der Waals surface area contributed by atoms with Crippen LogP contribution in [0, 0.1) is 5.92 Å². The first-order chi connectivity index (χ1) is 8.79. The number of carbonyl (C=O) groups is 1. The van der Waals surface area contributed by atoms with Crippen LogP contribution in [0.5, 0.6) is 0 Å². The van der Waals surface area contributed by atoms with Gasteiger partial charge in [-0.1, -0.05) is 19.3 Å². The number of piperidine rings is 1. The summed E-state index contributed by atoms with van der Waals surface area (Å²) < 4.78 is 0. The molecule has 0 aromatic rings. The van der Waals surface area contributed by atoms with Crippen LogP contribution in [0.2, 0.25) is 0 Å². The standard InChI is InChI=1S/C14H27N3O/c15-8-11-17-9-6-12(7-10-17)14(18)16-13-4-2-1-3-5-13/h12-13H,1-11,15H2,(H,16,18). The van der Waals surface area contributed by atoms with E-state index in [2.05, 4.69) is 10.2 Å². The van der Waals surface area contributed by atoms with Gasteiger partial charge in [-0.05, 0) is 38.8 Å². The van der Waals surface area contributed by atoms with E-state index < -0.39 is 0 Å². The molecular formula is C14H27N3O. The van der Waals surface area contributed by atoms with Gasteiger partial charge in [-0.3, -0.25) is 4.79 Å². The summed E-state index contributed by atoms with van der Waals surface area (Å²) in [4.78, 5) is 14.5. The summed E-state index contributed by atoms with van der Waals surface area (Å²) in [6.45, 7) is 3.75. The SMILES string of the molecule is NCCN1CCC(C(=O)NC2CCCCC2)CC1. The Labute approximate surface area is 110 Å². The second kappa shape index (κ2) is 7.10. The number of carbonyl (C=O) groups excluding carboxylic acids is 1. The number of nitrogens with two attached hydrogens (primary N) is 1. The Morgan fingerprint density at radius 3 is 2.39 bits per heavy atom. The monoisotopic (exact) mass is 253 g/mol. The van der Waals surface area contributed by atoms with Crippen molar-refractivity contribution < 1.29 is 4.79 Å². The molecule has 0 bridgehead atoms. The van der Waals surface area contributed by atoms with E-state index in [4.69, 9.17) is 5.73 Å². The van der Waals surface area contributed by atoms with Gasteiger partial charge in [-0.25, -0.2) is 0 Å². The highest BCUT2D eigenvalue weighted by atomic mass is 16.1. The Balaban J connectivity index is 1.70. The second-order valence-corrected chi connectivity index (χ2v) is 5.75. The molecule has 18 heavy (non-hydrogen) atoms. The van der Waals surface area contributed by atoms with E-state index in [0.29, 0.717) is 11.9 Å². The van der Waals surface area contributed by atoms with E-state index >= 15 is 0 Å². The molecule has 0 unspecified atom stereocenters. The lowest BCUT2D eigenvalue weighted by Gasteiger charge is -2.32. The smallest absolute Gasteiger partial charge is 0.223 e. The molecule has 0 radical (unpaired) electrons. The Bertz CT molecular complexity index is 256. The molecule has 1 saturated carbocycles. The van der Waals surface area contributed by atoms with Crippen molar-refractivity contribution in [3.8, 4) is 0 Å². The molecule has 0 spiro atoms. The third-order valence-corrected chi connectivity index (χ3v) is 4.36. The molecule has 3 N–H and O–H groups in total. The molecule has 104 valence electrons. The highest BCUT2D eigenvalue weighted by molar-refractivity contribution is 5.79. The first kappa shape index (κ1) is 13.8. The Morgan fingerprint density at radius 1 is 1.11 bits per heavy atom. The van der Waals surface area contributed by atoms with Crippen molar-refractivity contribution in [2.45, 2.75) is 51.0 Å². The van der Waals surface area contributed by atoms with Crippen molar-refractivity contribution >= 4 is 5.91 Å². The zero-order chi connectivity index (χ0) is 12.8. The number of amides is 1. The van der Waals surface area contributed by atoms with E-state index in [0.717, 1.165) is 39.0 Å². The third kappa shape index (κ3) is 3.95. The van der Waals surface area contributed by atoms with E-state index in [-0.39, 0.29) is 5.92 Å². The Hall–Kier alpha value is -0.610. The minimum absolute atomic E-state index is 0.237. The van der Waals surface area contributed by atoms with E-state index in [9.17, 15) is 4.79 Å². The van der Waals surface area contributed by atoms with E-state index in [1.807, 2.05) is 0 Å². The number of hydrogen-bond donors (Lipinski definition) is 2. The molecule has 0 atom stereocenters. The van der Waals surface area contributed by atoms with Crippen LogP contribution in [0.15, 0.2) is 0 Å². The number of nitrogens with zero attached hydrogens (tertiary/aromatic N) is 1. The van der Waals surface area contributed by atoms with Crippen molar-refractivity contribution in [3.63, 3.8) is 0 Å². The number of nitrogens with one attached hydrogen (secondary N) is 1. The van der Waals surface area contributed by atoms with Crippen LogP contribution in [-0.2, 0) is 4.79 Å². The van der Waals surface area contributed by atoms with Gasteiger partial charge in [0, 0.05) is 25.0 Å². The molecule has 0 aromatic carbocycles. The highest BCUT2D eigenvalue weighted by Gasteiger charge is 2.26. The molecule has 4 nitrogen and oxygen atoms in total. The fraction of sp³-hybridized carbons (Fsp3) is 0.929. The lowest BCUT2D eigenvalue weighted by atomic mass is 9.92. The zero-order valence-electron chi connectivity index (χ0n) is 11.4. The summed E-state index contributed by atoms with van der Waals surface area (Å²) in [6.07, 6.45) is 8.25. The average molecular weight is 253 g/mol. The fourth-order valence-electron chi connectivity index (χ4n) is 3.17. The lowest BCUT2D eigenvalue weighted by Crippen LogP contribution is -2.45. The fourth-order valence-corrected chi connectivity index (χ4v) is 3.17. The van der Waals surface area contributed by atoms with E-state index in [1.165, 1.54) is 32.1 Å². The van der Waals surface area contributed by atoms with Crippen molar-refractivity contribution in [2.24, 2.45) is 11.7 Å². The van der Waals surface area contributed by atoms with Gasteiger partial charge >= 0.3 is 0 Å². The predicted molar refractivity (Wildman–Crippen MR) is 73.2 cm³/mol. The number of hydrogen-bond acceptors (Lipinski definition) is 3. The molecule has 0 aromatic heterocycles. The van der Waals surface area contributed by atoms with E-state index in [1.54, 1.807) is 0 Å². The topological polar surface area (TPSA) is 58.4 Å². The van der Waals surface area contributed by atoms with Crippen molar-refractivity contribution in [3.05, 3.63) is 0 Å². The summed E-state index contributed by atoms with van der Waals surface area (Å²) in [7, 11) is 0. The first-order valence-electron chi connectivity index (χ1n) is 7.52. The summed E-state index contributed by atoms with van der Waals surface area (Å²) in [5, 5.41) is 3.25. The molecule has 1 aliphatic carbocycles. The first-order valence-corrected chi connectivity index (χ1v) is 7.52. The van der Waals surface area contributed by atoms with Gasteiger partial charge in [0.25, 0.3) is 0 Å². The summed E-state index contributed by atoms with van der Waals surface area (Å²) in [6, 6.07) is 0.452. The maximum Gasteiger partial charge on any atom is 0.223 e. The van der Waals surface area contributed by atoms with Crippen LogP contribution in [0.25, 0.3) is 0 Å². The lowest BCUT2D eigenvalue weighted by molar-refractivity contribution is -0.127. The quantitative estimate of drug-likeness (QED) is 0.789. The summed E-state index contributed by atoms with van der Waals surface area (Å²) >= 11 is 0. The largest absolute Gasteiger partial charge is 0.353 e. The maximum atomic E-state index is 12.2. The van der Waals surface area contributed by atoms with Crippen molar-refractivity contribution in [1.82, 2.24) is 10.2 Å².